The Morgan fingerprint density at radius 3 is 0.977 bits per heavy atom. The van der Waals surface area contributed by atoms with E-state index in [1.54, 1.807) is 0 Å². The fraction of sp³-hybridized carbons (Fsp3) is 0.870. The Balaban J connectivity index is 3.90. The molecule has 0 aromatic heterocycles. The second-order valence-corrected chi connectivity index (χ2v) is 28.4. The number of nitrogens with zero attached hydrogens (tertiary/aromatic N) is 1. The zero-order valence-electron chi connectivity index (χ0n) is 58.5. The fourth-order valence-electron chi connectivity index (χ4n) is 11.4. The topological polar surface area (TPSA) is 111 Å². The molecule has 512 valence electrons. The van der Waals surface area contributed by atoms with Gasteiger partial charge in [0.05, 0.1) is 27.7 Å². The van der Waals surface area contributed by atoms with Crippen LogP contribution in [0.4, 0.5) is 0 Å². The Hall–Kier alpha value is -2.03. The number of allylic oxidation sites excluding steroid dienone is 8. The summed E-state index contributed by atoms with van der Waals surface area (Å²) in [7, 11) is 1.18. The van der Waals surface area contributed by atoms with E-state index in [4.69, 9.17) is 18.5 Å². The van der Waals surface area contributed by atoms with Crippen molar-refractivity contribution in [3.8, 4) is 0 Å². The number of phosphoric ester groups is 1. The molecule has 9 nitrogen and oxygen atoms in total. The number of hydrogen-bond acceptors (Lipinski definition) is 8. The zero-order valence-corrected chi connectivity index (χ0v) is 59.4. The first-order chi connectivity index (χ1) is 42.5. The molecule has 0 spiro atoms. The largest absolute Gasteiger partial charge is 0.756 e. The lowest BCUT2D eigenvalue weighted by molar-refractivity contribution is -0.870. The van der Waals surface area contributed by atoms with Crippen molar-refractivity contribution in [1.29, 1.82) is 0 Å². The molecule has 0 fully saturated rings. The summed E-state index contributed by atoms with van der Waals surface area (Å²) < 4.78 is 34.4. The zero-order chi connectivity index (χ0) is 63.4. The van der Waals surface area contributed by atoms with Crippen molar-refractivity contribution in [2.75, 3.05) is 47.5 Å². The van der Waals surface area contributed by atoms with Gasteiger partial charge < -0.3 is 27.9 Å². The summed E-state index contributed by atoms with van der Waals surface area (Å²) in [4.78, 5) is 38.1. The maximum absolute atomic E-state index is 12.9. The van der Waals surface area contributed by atoms with E-state index in [2.05, 4.69) is 62.5 Å². The molecule has 87 heavy (non-hydrogen) atoms. The molecular formula is C77H146NO8P. The molecule has 10 heteroatoms. The van der Waals surface area contributed by atoms with Gasteiger partial charge in [0.2, 0.25) is 0 Å². The number of rotatable bonds is 71. The molecule has 0 rings (SSSR count). The van der Waals surface area contributed by atoms with Crippen LogP contribution in [0, 0.1) is 0 Å². The molecule has 0 aliphatic carbocycles. The average Bonchev–Trinajstić information content (AvgIpc) is 3.49. The van der Waals surface area contributed by atoms with Crippen molar-refractivity contribution >= 4 is 19.8 Å². The van der Waals surface area contributed by atoms with Gasteiger partial charge in [0.1, 0.15) is 19.8 Å². The predicted molar refractivity (Wildman–Crippen MR) is 374 cm³/mol. The fourth-order valence-corrected chi connectivity index (χ4v) is 12.1. The first kappa shape index (κ1) is 85.0. The molecule has 2 unspecified atom stereocenters. The Kier molecular flexibility index (Phi) is 66.7. The molecular weight excluding hydrogens is 1100 g/mol. The summed E-state index contributed by atoms with van der Waals surface area (Å²) >= 11 is 0. The molecule has 0 aliphatic rings. The van der Waals surface area contributed by atoms with Gasteiger partial charge in [-0.25, -0.2) is 0 Å². The molecule has 0 aromatic carbocycles. The summed E-state index contributed by atoms with van der Waals surface area (Å²) in [6.07, 6.45) is 89.5. The first-order valence-corrected chi connectivity index (χ1v) is 39.3. The molecule has 0 saturated carbocycles. The Labute approximate surface area is 541 Å². The highest BCUT2D eigenvalue weighted by Gasteiger charge is 2.22. The minimum absolute atomic E-state index is 0.0300. The third-order valence-corrected chi connectivity index (χ3v) is 18.1. The van der Waals surface area contributed by atoms with Crippen LogP contribution in [-0.4, -0.2) is 70.0 Å². The van der Waals surface area contributed by atoms with Crippen molar-refractivity contribution in [1.82, 2.24) is 0 Å². The Bertz CT molecular complexity index is 1610. The Morgan fingerprint density at radius 1 is 0.368 bits per heavy atom. The van der Waals surface area contributed by atoms with Crippen LogP contribution in [0.25, 0.3) is 0 Å². The smallest absolute Gasteiger partial charge is 0.306 e. The number of likely N-dealkylation sites (N-methyl/N-ethyl adjacent to an activating group) is 1. The first-order valence-electron chi connectivity index (χ1n) is 37.8. The van der Waals surface area contributed by atoms with Gasteiger partial charge in [0.25, 0.3) is 7.82 Å². The van der Waals surface area contributed by atoms with Gasteiger partial charge >= 0.3 is 11.9 Å². The van der Waals surface area contributed by atoms with Crippen molar-refractivity contribution in [3.05, 3.63) is 48.6 Å². The molecule has 0 N–H and O–H groups in total. The maximum atomic E-state index is 12.9. The van der Waals surface area contributed by atoms with Gasteiger partial charge in [-0.05, 0) is 51.4 Å². The van der Waals surface area contributed by atoms with Crippen LogP contribution in [-0.2, 0) is 32.7 Å². The lowest BCUT2D eigenvalue weighted by Crippen LogP contribution is -2.37. The second-order valence-electron chi connectivity index (χ2n) is 27.0. The van der Waals surface area contributed by atoms with Crippen molar-refractivity contribution in [2.24, 2.45) is 0 Å². The molecule has 0 saturated heterocycles. The van der Waals surface area contributed by atoms with E-state index in [0.29, 0.717) is 17.4 Å². The molecule has 0 amide bonds. The summed E-state index contributed by atoms with van der Waals surface area (Å²) in [6, 6.07) is 0. The molecule has 0 aromatic rings. The van der Waals surface area contributed by atoms with Crippen LogP contribution < -0.4 is 4.89 Å². The highest BCUT2D eigenvalue weighted by Crippen LogP contribution is 2.38. The quantitative estimate of drug-likeness (QED) is 0.0195. The van der Waals surface area contributed by atoms with Gasteiger partial charge in [-0.3, -0.25) is 14.2 Å². The van der Waals surface area contributed by atoms with Crippen molar-refractivity contribution < 1.29 is 42.1 Å². The third kappa shape index (κ3) is 72.9. The predicted octanol–water partition coefficient (Wildman–Crippen LogP) is 24.1. The van der Waals surface area contributed by atoms with E-state index in [1.807, 2.05) is 21.1 Å². The van der Waals surface area contributed by atoms with Crippen molar-refractivity contribution in [2.45, 2.75) is 386 Å². The molecule has 0 bridgehead atoms. The molecule has 0 heterocycles. The van der Waals surface area contributed by atoms with E-state index >= 15 is 0 Å². The number of ether oxygens (including phenoxy) is 2. The second kappa shape index (κ2) is 68.3. The number of esters is 2. The van der Waals surface area contributed by atoms with Crippen molar-refractivity contribution in [3.63, 3.8) is 0 Å². The third-order valence-electron chi connectivity index (χ3n) is 17.1. The lowest BCUT2D eigenvalue weighted by Gasteiger charge is -2.28. The summed E-state index contributed by atoms with van der Waals surface area (Å²) in [5.74, 6) is -0.817. The average molecular weight is 1240 g/mol. The van der Waals surface area contributed by atoms with Gasteiger partial charge in [-0.15, -0.1) is 0 Å². The van der Waals surface area contributed by atoms with E-state index < -0.39 is 26.5 Å². The number of phosphoric acid groups is 1. The van der Waals surface area contributed by atoms with Crippen LogP contribution in [0.5, 0.6) is 0 Å². The number of carbonyl (C=O) groups excluding carboxylic acids is 2. The molecule has 0 aliphatic heterocycles. The highest BCUT2D eigenvalue weighted by atomic mass is 31.2. The lowest BCUT2D eigenvalue weighted by atomic mass is 10.0. The minimum atomic E-state index is -4.64. The maximum Gasteiger partial charge on any atom is 0.306 e. The standard InChI is InChI=1S/C77H146NO8P/c1-6-8-10-12-14-16-18-20-22-24-26-28-30-32-33-34-35-36-37-38-39-40-41-42-43-44-46-47-49-51-53-55-57-59-61-63-65-67-69-76(79)83-73-75(74-85-87(81,82)84-72-71-78(3,4)5)86-77(80)70-68-66-64-62-60-58-56-54-52-50-48-45-31-29-27-25-23-21-19-17-15-13-11-9-7-2/h9,11,15,17,21,23,27,29,75H,6-8,10,12-14,16,18-20,22,24-26,28,30-74H2,1-5H3/b11-9-,17-15-,23-21-,29-27-. The van der Waals surface area contributed by atoms with E-state index in [-0.39, 0.29) is 32.0 Å². The van der Waals surface area contributed by atoms with E-state index in [0.717, 1.165) is 64.2 Å². The van der Waals surface area contributed by atoms with E-state index in [1.165, 1.54) is 283 Å². The summed E-state index contributed by atoms with van der Waals surface area (Å²) in [5, 5.41) is 0. The van der Waals surface area contributed by atoms with E-state index in [9.17, 15) is 19.0 Å². The minimum Gasteiger partial charge on any atom is -0.756 e. The van der Waals surface area contributed by atoms with Gasteiger partial charge in [-0.2, -0.15) is 0 Å². The molecule has 0 radical (unpaired) electrons. The Morgan fingerprint density at radius 2 is 0.655 bits per heavy atom. The van der Waals surface area contributed by atoms with Crippen LogP contribution >= 0.6 is 7.82 Å². The number of hydrogen-bond donors (Lipinski definition) is 0. The summed E-state index contributed by atoms with van der Waals surface area (Å²) in [6.45, 7) is 4.19. The number of quaternary nitrogens is 1. The highest BCUT2D eigenvalue weighted by molar-refractivity contribution is 7.45. The van der Waals surface area contributed by atoms with Crippen LogP contribution in [0.15, 0.2) is 48.6 Å². The monoisotopic (exact) mass is 1240 g/mol. The van der Waals surface area contributed by atoms with Crippen LogP contribution in [0.3, 0.4) is 0 Å². The van der Waals surface area contributed by atoms with Gasteiger partial charge in [0, 0.05) is 12.8 Å². The molecule has 2 atom stereocenters. The van der Waals surface area contributed by atoms with Gasteiger partial charge in [-0.1, -0.05) is 364 Å². The normalized spacial score (nSPS) is 13.3. The van der Waals surface area contributed by atoms with Crippen LogP contribution in [0.2, 0.25) is 0 Å². The number of unbranched alkanes of at least 4 members (excludes halogenated alkanes) is 49. The summed E-state index contributed by atoms with van der Waals surface area (Å²) in [5.41, 5.74) is 0. The van der Waals surface area contributed by atoms with Crippen LogP contribution in [0.1, 0.15) is 380 Å². The van der Waals surface area contributed by atoms with Gasteiger partial charge in [0.15, 0.2) is 6.10 Å². The SMILES string of the molecule is CC/C=C\C/C=C\C/C=C\C/C=C\CCCCCCCCCCCCCCC(=O)OC(COC(=O)CCCCCCCCCCCCCCCCCCCCCCCCCCCCCCCCCCCCCCCC)COP(=O)([O-])OCC[N+](C)(C)C. The number of carbonyl (C=O) groups is 2.